The van der Waals surface area contributed by atoms with E-state index in [-0.39, 0.29) is 0 Å². The number of hydrogen-bond acceptors (Lipinski definition) is 3. The van der Waals surface area contributed by atoms with Crippen LogP contribution in [0.3, 0.4) is 0 Å². The zero-order valence-electron chi connectivity index (χ0n) is 13.7. The summed E-state index contributed by atoms with van der Waals surface area (Å²) in [5, 5.41) is 3.62. The zero-order chi connectivity index (χ0) is 15.1. The summed E-state index contributed by atoms with van der Waals surface area (Å²) in [6.45, 7) is 9.72. The van der Waals surface area contributed by atoms with E-state index in [9.17, 15) is 0 Å². The molecule has 0 aliphatic heterocycles. The molecule has 0 aromatic heterocycles. The van der Waals surface area contributed by atoms with E-state index in [1.807, 2.05) is 0 Å². The van der Waals surface area contributed by atoms with Crippen LogP contribution in [0, 0.1) is 5.92 Å². The summed E-state index contributed by atoms with van der Waals surface area (Å²) in [7, 11) is 0. The van der Waals surface area contributed by atoms with E-state index < -0.39 is 0 Å². The van der Waals surface area contributed by atoms with Crippen molar-refractivity contribution < 1.29 is 9.47 Å². The summed E-state index contributed by atoms with van der Waals surface area (Å²) in [5.74, 6) is 1.62. The van der Waals surface area contributed by atoms with Gasteiger partial charge in [-0.2, -0.15) is 0 Å². The normalized spacial score (nSPS) is 17.2. The molecule has 2 rings (SSSR count). The minimum atomic E-state index is 0.501. The van der Waals surface area contributed by atoms with Gasteiger partial charge < -0.3 is 14.8 Å². The van der Waals surface area contributed by atoms with Gasteiger partial charge in [0.2, 0.25) is 0 Å². The van der Waals surface area contributed by atoms with Gasteiger partial charge in [-0.15, -0.1) is 0 Å². The van der Waals surface area contributed by atoms with Crippen molar-refractivity contribution >= 4 is 0 Å². The Kier molecular flexibility index (Phi) is 6.52. The van der Waals surface area contributed by atoms with Crippen LogP contribution >= 0.6 is 0 Å². The standard InChI is InChI=1S/C18H29NO2/c1-4-10-19-17-9-8-16-15(17)6-5-7-18(16)21-12-11-20-13-14(2)3/h5-7,14,17,19H,4,8-13H2,1-3H3. The van der Waals surface area contributed by atoms with Crippen LogP contribution in [0.1, 0.15) is 50.8 Å². The number of rotatable bonds is 9. The van der Waals surface area contributed by atoms with E-state index >= 15 is 0 Å². The topological polar surface area (TPSA) is 30.5 Å². The Bertz CT molecular complexity index is 431. The van der Waals surface area contributed by atoms with Gasteiger partial charge in [-0.25, -0.2) is 0 Å². The van der Waals surface area contributed by atoms with E-state index in [0.29, 0.717) is 25.2 Å². The van der Waals surface area contributed by atoms with Crippen molar-refractivity contribution in [2.45, 2.75) is 46.1 Å². The number of hydrogen-bond donors (Lipinski definition) is 1. The molecule has 0 heterocycles. The van der Waals surface area contributed by atoms with Gasteiger partial charge in [-0.3, -0.25) is 0 Å². The van der Waals surface area contributed by atoms with Gasteiger partial charge in [0.05, 0.1) is 6.61 Å². The summed E-state index contributed by atoms with van der Waals surface area (Å²) >= 11 is 0. The largest absolute Gasteiger partial charge is 0.491 e. The van der Waals surface area contributed by atoms with Crippen molar-refractivity contribution in [3.05, 3.63) is 29.3 Å². The fourth-order valence-corrected chi connectivity index (χ4v) is 2.82. The predicted octanol–water partition coefficient (Wildman–Crippen LogP) is 3.72. The maximum absolute atomic E-state index is 5.93. The van der Waals surface area contributed by atoms with Crippen LogP contribution in [-0.2, 0) is 11.2 Å². The lowest BCUT2D eigenvalue weighted by atomic mass is 10.1. The van der Waals surface area contributed by atoms with Crippen molar-refractivity contribution in [1.29, 1.82) is 0 Å². The maximum Gasteiger partial charge on any atom is 0.122 e. The molecule has 21 heavy (non-hydrogen) atoms. The number of benzene rings is 1. The monoisotopic (exact) mass is 291 g/mol. The molecule has 118 valence electrons. The maximum atomic E-state index is 5.93. The minimum absolute atomic E-state index is 0.501. The molecule has 1 aromatic carbocycles. The molecule has 0 amide bonds. The van der Waals surface area contributed by atoms with Crippen molar-refractivity contribution in [2.75, 3.05) is 26.4 Å². The quantitative estimate of drug-likeness (QED) is 0.703. The number of ether oxygens (including phenoxy) is 2. The Morgan fingerprint density at radius 1 is 1.29 bits per heavy atom. The lowest BCUT2D eigenvalue weighted by molar-refractivity contribution is 0.0816. The highest BCUT2D eigenvalue weighted by Gasteiger charge is 2.24. The van der Waals surface area contributed by atoms with Crippen LogP contribution in [-0.4, -0.2) is 26.4 Å². The van der Waals surface area contributed by atoms with Crippen molar-refractivity contribution in [3.63, 3.8) is 0 Å². The molecule has 1 aromatic rings. The van der Waals surface area contributed by atoms with Gasteiger partial charge in [0.1, 0.15) is 12.4 Å². The fraction of sp³-hybridized carbons (Fsp3) is 0.667. The van der Waals surface area contributed by atoms with Crippen LogP contribution in [0.4, 0.5) is 0 Å². The first-order valence-corrected chi connectivity index (χ1v) is 8.28. The highest BCUT2D eigenvalue weighted by molar-refractivity contribution is 5.45. The molecule has 0 fully saturated rings. The highest BCUT2D eigenvalue weighted by atomic mass is 16.5. The summed E-state index contributed by atoms with van der Waals surface area (Å²) in [6, 6.07) is 6.93. The summed E-state index contributed by atoms with van der Waals surface area (Å²) in [4.78, 5) is 0. The van der Waals surface area contributed by atoms with Crippen LogP contribution in [0.2, 0.25) is 0 Å². The molecule has 1 unspecified atom stereocenters. The van der Waals surface area contributed by atoms with Gasteiger partial charge in [0.15, 0.2) is 0 Å². The molecule has 0 radical (unpaired) electrons. The first-order valence-electron chi connectivity index (χ1n) is 8.28. The third-order valence-corrected chi connectivity index (χ3v) is 3.80. The van der Waals surface area contributed by atoms with Gasteiger partial charge in [0.25, 0.3) is 0 Å². The molecule has 1 atom stereocenters. The molecular formula is C18H29NO2. The lowest BCUT2D eigenvalue weighted by Gasteiger charge is -2.15. The molecule has 1 N–H and O–H groups in total. The van der Waals surface area contributed by atoms with Crippen LogP contribution in [0.15, 0.2) is 18.2 Å². The van der Waals surface area contributed by atoms with E-state index in [1.165, 1.54) is 24.0 Å². The van der Waals surface area contributed by atoms with Crippen LogP contribution in [0.25, 0.3) is 0 Å². The second-order valence-corrected chi connectivity index (χ2v) is 6.19. The van der Waals surface area contributed by atoms with Gasteiger partial charge >= 0.3 is 0 Å². The fourth-order valence-electron chi connectivity index (χ4n) is 2.82. The summed E-state index contributed by atoms with van der Waals surface area (Å²) in [5.41, 5.74) is 2.80. The van der Waals surface area contributed by atoms with Crippen LogP contribution in [0.5, 0.6) is 5.75 Å². The molecule has 3 nitrogen and oxygen atoms in total. The SMILES string of the molecule is CCCNC1CCc2c(OCCOCC(C)C)cccc21. The third-order valence-electron chi connectivity index (χ3n) is 3.80. The molecule has 3 heteroatoms. The molecule has 0 bridgehead atoms. The number of nitrogens with one attached hydrogen (secondary N) is 1. The first kappa shape index (κ1) is 16.3. The summed E-state index contributed by atoms with van der Waals surface area (Å²) < 4.78 is 11.5. The minimum Gasteiger partial charge on any atom is -0.491 e. The van der Waals surface area contributed by atoms with Gasteiger partial charge in [0, 0.05) is 12.6 Å². The Morgan fingerprint density at radius 2 is 2.14 bits per heavy atom. The summed E-state index contributed by atoms with van der Waals surface area (Å²) in [6.07, 6.45) is 3.47. The van der Waals surface area contributed by atoms with Crippen molar-refractivity contribution in [1.82, 2.24) is 5.32 Å². The Morgan fingerprint density at radius 3 is 2.90 bits per heavy atom. The zero-order valence-corrected chi connectivity index (χ0v) is 13.7. The van der Waals surface area contributed by atoms with Crippen molar-refractivity contribution in [2.24, 2.45) is 5.92 Å². The second-order valence-electron chi connectivity index (χ2n) is 6.19. The van der Waals surface area contributed by atoms with Gasteiger partial charge in [-0.1, -0.05) is 32.9 Å². The van der Waals surface area contributed by atoms with Crippen LogP contribution < -0.4 is 10.1 Å². The Balaban J connectivity index is 1.86. The first-order chi connectivity index (χ1) is 10.2. The van der Waals surface area contributed by atoms with Gasteiger partial charge in [-0.05, 0) is 48.9 Å². The average molecular weight is 291 g/mol. The molecule has 0 saturated carbocycles. The van der Waals surface area contributed by atoms with Crippen molar-refractivity contribution in [3.8, 4) is 5.75 Å². The Hall–Kier alpha value is -1.06. The average Bonchev–Trinajstić information content (AvgIpc) is 2.88. The third kappa shape index (κ3) is 4.72. The highest BCUT2D eigenvalue weighted by Crippen LogP contribution is 2.36. The number of fused-ring (bicyclic) bond motifs is 1. The molecule has 1 aliphatic rings. The molecular weight excluding hydrogens is 262 g/mol. The van der Waals surface area contributed by atoms with E-state index in [1.54, 1.807) is 0 Å². The molecule has 0 spiro atoms. The van der Waals surface area contributed by atoms with E-state index in [0.717, 1.165) is 25.3 Å². The molecule has 1 aliphatic carbocycles. The molecule has 0 saturated heterocycles. The lowest BCUT2D eigenvalue weighted by Crippen LogP contribution is -2.19. The predicted molar refractivity (Wildman–Crippen MR) is 86.9 cm³/mol. The second kappa shape index (κ2) is 8.40. The Labute approximate surface area is 129 Å². The van der Waals surface area contributed by atoms with E-state index in [4.69, 9.17) is 9.47 Å². The van der Waals surface area contributed by atoms with E-state index in [2.05, 4.69) is 44.3 Å². The smallest absolute Gasteiger partial charge is 0.122 e.